The third-order valence-electron chi connectivity index (χ3n) is 4.02. The molecule has 0 aliphatic carbocycles. The van der Waals surface area contributed by atoms with Gasteiger partial charge in [0.2, 0.25) is 0 Å². The molecule has 6 heteroatoms. The van der Waals surface area contributed by atoms with Gasteiger partial charge in [0.05, 0.1) is 18.6 Å². The third kappa shape index (κ3) is 3.54. The van der Waals surface area contributed by atoms with Crippen molar-refractivity contribution in [1.82, 2.24) is 5.32 Å². The lowest BCUT2D eigenvalue weighted by Crippen LogP contribution is -2.29. The van der Waals surface area contributed by atoms with Crippen LogP contribution < -0.4 is 10.1 Å². The van der Waals surface area contributed by atoms with Gasteiger partial charge in [-0.05, 0) is 23.3 Å². The summed E-state index contributed by atoms with van der Waals surface area (Å²) in [7, 11) is -1.19. The van der Waals surface area contributed by atoms with E-state index in [1.807, 2.05) is 24.3 Å². The van der Waals surface area contributed by atoms with Crippen molar-refractivity contribution in [2.75, 3.05) is 18.6 Å². The fourth-order valence-corrected chi connectivity index (χ4v) is 4.60. The van der Waals surface area contributed by atoms with Gasteiger partial charge in [-0.15, -0.1) is 12.4 Å². The first-order valence-corrected chi connectivity index (χ1v) is 8.89. The van der Waals surface area contributed by atoms with Crippen molar-refractivity contribution in [3.8, 4) is 5.75 Å². The van der Waals surface area contributed by atoms with Gasteiger partial charge in [0.1, 0.15) is 5.75 Å². The van der Waals surface area contributed by atoms with E-state index >= 15 is 0 Å². The highest BCUT2D eigenvalue weighted by atomic mass is 35.5. The molecule has 0 aromatic heterocycles. The highest BCUT2D eigenvalue weighted by Gasteiger charge is 2.27. The van der Waals surface area contributed by atoms with Gasteiger partial charge in [-0.1, -0.05) is 30.3 Å². The molecule has 22 heavy (non-hydrogen) atoms. The maximum atomic E-state index is 11.5. The average Bonchev–Trinajstić information content (AvgIpc) is 2.84. The number of rotatable bonds is 4. The summed E-state index contributed by atoms with van der Waals surface area (Å²) in [6.07, 6.45) is 0.690. The first-order chi connectivity index (χ1) is 10.1. The Morgan fingerprint density at radius 3 is 2.68 bits per heavy atom. The number of ether oxygens (including phenoxy) is 1. The van der Waals surface area contributed by atoms with E-state index in [0.717, 1.165) is 22.1 Å². The summed E-state index contributed by atoms with van der Waals surface area (Å²) in [4.78, 5) is 0. The average molecular weight is 342 g/mol. The van der Waals surface area contributed by atoms with Gasteiger partial charge >= 0.3 is 0 Å². The number of hydrogen-bond acceptors (Lipinski definition) is 4. The van der Waals surface area contributed by atoms with E-state index < -0.39 is 9.84 Å². The lowest BCUT2D eigenvalue weighted by Gasteiger charge is -2.15. The molecule has 1 atom stereocenters. The van der Waals surface area contributed by atoms with E-state index in [1.165, 1.54) is 0 Å². The first kappa shape index (κ1) is 17.1. The smallest absolute Gasteiger partial charge is 0.151 e. The molecule has 1 aliphatic rings. The van der Waals surface area contributed by atoms with Crippen LogP contribution in [0.5, 0.6) is 5.75 Å². The molecule has 2 aromatic rings. The Morgan fingerprint density at radius 1 is 1.23 bits per heavy atom. The first-order valence-electron chi connectivity index (χ1n) is 7.07. The number of methoxy groups -OCH3 is 1. The van der Waals surface area contributed by atoms with Crippen LogP contribution in [0.25, 0.3) is 10.8 Å². The van der Waals surface area contributed by atoms with Gasteiger partial charge in [-0.25, -0.2) is 8.42 Å². The van der Waals surface area contributed by atoms with Crippen molar-refractivity contribution < 1.29 is 13.2 Å². The fourth-order valence-electron chi connectivity index (χ4n) is 2.89. The summed E-state index contributed by atoms with van der Waals surface area (Å²) in [6, 6.07) is 12.2. The molecule has 120 valence electrons. The minimum atomic E-state index is -2.85. The predicted molar refractivity (Wildman–Crippen MR) is 91.6 cm³/mol. The number of fused-ring (bicyclic) bond motifs is 1. The van der Waals surface area contributed by atoms with Crippen LogP contribution in [0.2, 0.25) is 0 Å². The molecule has 0 radical (unpaired) electrons. The highest BCUT2D eigenvalue weighted by molar-refractivity contribution is 7.91. The SMILES string of the molecule is COc1ccc2ccccc2c1CNC1CCS(=O)(=O)C1.Cl. The van der Waals surface area contributed by atoms with Crippen LogP contribution >= 0.6 is 12.4 Å². The fraction of sp³-hybridized carbons (Fsp3) is 0.375. The Morgan fingerprint density at radius 2 is 2.00 bits per heavy atom. The van der Waals surface area contributed by atoms with Crippen LogP contribution in [0.1, 0.15) is 12.0 Å². The normalized spacial score (nSPS) is 19.8. The zero-order valence-electron chi connectivity index (χ0n) is 12.4. The number of hydrogen-bond donors (Lipinski definition) is 1. The monoisotopic (exact) mass is 341 g/mol. The zero-order chi connectivity index (χ0) is 14.9. The van der Waals surface area contributed by atoms with Crippen molar-refractivity contribution in [1.29, 1.82) is 0 Å². The van der Waals surface area contributed by atoms with Gasteiger partial charge in [0.25, 0.3) is 0 Å². The van der Waals surface area contributed by atoms with Gasteiger partial charge in [0.15, 0.2) is 9.84 Å². The molecular weight excluding hydrogens is 322 g/mol. The second kappa shape index (κ2) is 6.86. The van der Waals surface area contributed by atoms with E-state index in [-0.39, 0.29) is 30.0 Å². The van der Waals surface area contributed by atoms with E-state index in [0.29, 0.717) is 13.0 Å². The van der Waals surface area contributed by atoms with Crippen LogP contribution in [-0.2, 0) is 16.4 Å². The second-order valence-electron chi connectivity index (χ2n) is 5.45. The molecule has 1 saturated heterocycles. The quantitative estimate of drug-likeness (QED) is 0.928. The van der Waals surface area contributed by atoms with Crippen LogP contribution in [0, 0.1) is 0 Å². The number of benzene rings is 2. The Balaban J connectivity index is 0.00000176. The van der Waals surface area contributed by atoms with Crippen LogP contribution in [0.4, 0.5) is 0 Å². The Hall–Kier alpha value is -1.30. The summed E-state index contributed by atoms with van der Waals surface area (Å²) < 4.78 is 28.5. The Kier molecular flexibility index (Phi) is 5.32. The third-order valence-corrected chi connectivity index (χ3v) is 5.79. The number of nitrogens with one attached hydrogen (secondary N) is 1. The van der Waals surface area contributed by atoms with Crippen LogP contribution in [0.15, 0.2) is 36.4 Å². The van der Waals surface area contributed by atoms with Gasteiger partial charge < -0.3 is 10.1 Å². The molecule has 1 fully saturated rings. The van der Waals surface area contributed by atoms with Gasteiger partial charge in [-0.2, -0.15) is 0 Å². The Labute approximate surface area is 137 Å². The van der Waals surface area contributed by atoms with Crippen molar-refractivity contribution in [3.05, 3.63) is 42.0 Å². The molecular formula is C16H20ClNO3S. The Bertz CT molecular complexity index is 761. The summed E-state index contributed by atoms with van der Waals surface area (Å²) in [5.74, 6) is 1.36. The molecule has 4 nitrogen and oxygen atoms in total. The van der Waals surface area contributed by atoms with E-state index in [2.05, 4.69) is 17.4 Å². The topological polar surface area (TPSA) is 55.4 Å². The van der Waals surface area contributed by atoms with Crippen molar-refractivity contribution in [3.63, 3.8) is 0 Å². The molecule has 1 unspecified atom stereocenters. The maximum absolute atomic E-state index is 11.5. The summed E-state index contributed by atoms with van der Waals surface area (Å²) >= 11 is 0. The zero-order valence-corrected chi connectivity index (χ0v) is 14.0. The number of sulfone groups is 1. The van der Waals surface area contributed by atoms with Crippen LogP contribution in [-0.4, -0.2) is 33.1 Å². The lowest BCUT2D eigenvalue weighted by atomic mass is 10.0. The van der Waals surface area contributed by atoms with Crippen molar-refractivity contribution in [2.24, 2.45) is 0 Å². The largest absolute Gasteiger partial charge is 0.496 e. The number of halogens is 1. The second-order valence-corrected chi connectivity index (χ2v) is 7.68. The minimum absolute atomic E-state index is 0. The molecule has 1 N–H and O–H groups in total. The molecule has 0 amide bonds. The molecule has 3 rings (SSSR count). The molecule has 2 aromatic carbocycles. The predicted octanol–water partition coefficient (Wildman–Crippen LogP) is 2.55. The van der Waals surface area contributed by atoms with Crippen LogP contribution in [0.3, 0.4) is 0 Å². The minimum Gasteiger partial charge on any atom is -0.496 e. The van der Waals surface area contributed by atoms with Crippen molar-refractivity contribution >= 4 is 33.0 Å². The van der Waals surface area contributed by atoms with Gasteiger partial charge in [0, 0.05) is 18.2 Å². The van der Waals surface area contributed by atoms with Gasteiger partial charge in [-0.3, -0.25) is 0 Å². The molecule has 0 bridgehead atoms. The summed E-state index contributed by atoms with van der Waals surface area (Å²) in [6.45, 7) is 0.616. The maximum Gasteiger partial charge on any atom is 0.151 e. The molecule has 0 saturated carbocycles. The lowest BCUT2D eigenvalue weighted by molar-refractivity contribution is 0.407. The summed E-state index contributed by atoms with van der Waals surface area (Å²) in [5.41, 5.74) is 1.08. The highest BCUT2D eigenvalue weighted by Crippen LogP contribution is 2.28. The standard InChI is InChI=1S/C16H19NO3S.ClH/c1-20-16-7-6-12-4-2-3-5-14(12)15(16)10-17-13-8-9-21(18,19)11-13;/h2-7,13,17H,8-11H2,1H3;1H. The van der Waals surface area contributed by atoms with E-state index in [1.54, 1.807) is 7.11 Å². The molecule has 1 heterocycles. The van der Waals surface area contributed by atoms with E-state index in [4.69, 9.17) is 4.74 Å². The molecule has 0 spiro atoms. The molecule has 1 aliphatic heterocycles. The van der Waals surface area contributed by atoms with Crippen molar-refractivity contribution in [2.45, 2.75) is 19.0 Å². The van der Waals surface area contributed by atoms with E-state index in [9.17, 15) is 8.42 Å². The summed E-state index contributed by atoms with van der Waals surface area (Å²) in [5, 5.41) is 5.67.